The van der Waals surface area contributed by atoms with Crippen LogP contribution in [0.3, 0.4) is 0 Å². The summed E-state index contributed by atoms with van der Waals surface area (Å²) in [6, 6.07) is 10.9. The van der Waals surface area contributed by atoms with Gasteiger partial charge in [0.1, 0.15) is 0 Å². The van der Waals surface area contributed by atoms with Crippen LogP contribution in [0.4, 0.5) is 5.69 Å². The van der Waals surface area contributed by atoms with E-state index in [1.165, 1.54) is 0 Å². The fourth-order valence-electron chi connectivity index (χ4n) is 1.81. The maximum Gasteiger partial charge on any atom is 0.274 e. The van der Waals surface area contributed by atoms with E-state index < -0.39 is 0 Å². The van der Waals surface area contributed by atoms with E-state index in [1.807, 2.05) is 31.2 Å². The largest absolute Gasteiger partial charge is 0.394 e. The highest BCUT2D eigenvalue weighted by Crippen LogP contribution is 2.22. The summed E-state index contributed by atoms with van der Waals surface area (Å²) in [5.74, 6) is 0. The third-order valence-electron chi connectivity index (χ3n) is 2.64. The number of anilines is 1. The third-order valence-corrected chi connectivity index (χ3v) is 2.88. The average Bonchev–Trinajstić information content (AvgIpc) is 2.32. The minimum Gasteiger partial charge on any atom is -0.394 e. The SMILES string of the molecule is CCn1c(-c2cccc(Cl)c2)ccc(N)c1=O. The van der Waals surface area contributed by atoms with Crippen LogP contribution in [0.25, 0.3) is 11.3 Å². The smallest absolute Gasteiger partial charge is 0.274 e. The molecule has 0 aliphatic rings. The molecule has 1 aromatic heterocycles. The molecule has 0 fully saturated rings. The van der Waals surface area contributed by atoms with Gasteiger partial charge in [-0.2, -0.15) is 0 Å². The van der Waals surface area contributed by atoms with Gasteiger partial charge in [-0.3, -0.25) is 4.79 Å². The normalized spacial score (nSPS) is 10.5. The summed E-state index contributed by atoms with van der Waals surface area (Å²) in [5.41, 5.74) is 7.45. The number of benzene rings is 1. The first-order valence-electron chi connectivity index (χ1n) is 5.38. The Morgan fingerprint density at radius 1 is 1.29 bits per heavy atom. The molecule has 2 rings (SSSR count). The van der Waals surface area contributed by atoms with Gasteiger partial charge in [-0.1, -0.05) is 23.7 Å². The van der Waals surface area contributed by atoms with Gasteiger partial charge in [0.15, 0.2) is 0 Å². The van der Waals surface area contributed by atoms with E-state index in [4.69, 9.17) is 17.3 Å². The van der Waals surface area contributed by atoms with E-state index >= 15 is 0 Å². The minimum atomic E-state index is -0.162. The third kappa shape index (κ3) is 2.19. The summed E-state index contributed by atoms with van der Waals surface area (Å²) >= 11 is 5.95. The molecule has 2 N–H and O–H groups in total. The molecular weight excluding hydrogens is 236 g/mol. The van der Waals surface area contributed by atoms with Gasteiger partial charge in [0, 0.05) is 11.6 Å². The van der Waals surface area contributed by atoms with Crippen LogP contribution in [0.5, 0.6) is 0 Å². The lowest BCUT2D eigenvalue weighted by atomic mass is 10.1. The van der Waals surface area contributed by atoms with E-state index in [-0.39, 0.29) is 11.2 Å². The lowest BCUT2D eigenvalue weighted by Crippen LogP contribution is -2.23. The first-order chi connectivity index (χ1) is 8.13. The van der Waals surface area contributed by atoms with Crippen molar-refractivity contribution in [1.29, 1.82) is 0 Å². The maximum absolute atomic E-state index is 11.9. The monoisotopic (exact) mass is 248 g/mol. The van der Waals surface area contributed by atoms with E-state index in [0.29, 0.717) is 11.6 Å². The fraction of sp³-hybridized carbons (Fsp3) is 0.154. The lowest BCUT2D eigenvalue weighted by molar-refractivity contribution is 0.738. The quantitative estimate of drug-likeness (QED) is 0.888. The van der Waals surface area contributed by atoms with Crippen molar-refractivity contribution < 1.29 is 0 Å². The molecule has 0 radical (unpaired) electrons. The molecule has 3 nitrogen and oxygen atoms in total. The summed E-state index contributed by atoms with van der Waals surface area (Å²) in [5, 5.41) is 0.648. The topological polar surface area (TPSA) is 48.0 Å². The summed E-state index contributed by atoms with van der Waals surface area (Å²) in [4.78, 5) is 11.9. The molecule has 0 aliphatic heterocycles. The van der Waals surface area contributed by atoms with Gasteiger partial charge < -0.3 is 10.3 Å². The number of nitrogens with two attached hydrogens (primary N) is 1. The number of rotatable bonds is 2. The van der Waals surface area contributed by atoms with Crippen LogP contribution in [0.15, 0.2) is 41.2 Å². The second-order valence-corrected chi connectivity index (χ2v) is 4.17. The van der Waals surface area contributed by atoms with Crippen molar-refractivity contribution >= 4 is 17.3 Å². The molecule has 4 heteroatoms. The van der Waals surface area contributed by atoms with Crippen molar-refractivity contribution in [2.45, 2.75) is 13.5 Å². The Kier molecular flexibility index (Phi) is 3.20. The van der Waals surface area contributed by atoms with Crippen molar-refractivity contribution in [1.82, 2.24) is 4.57 Å². The molecule has 17 heavy (non-hydrogen) atoms. The standard InChI is InChI=1S/C13H13ClN2O/c1-2-16-12(7-6-11(15)13(16)17)9-4-3-5-10(14)8-9/h3-8H,2,15H2,1H3. The van der Waals surface area contributed by atoms with Gasteiger partial charge in [-0.05, 0) is 36.8 Å². The van der Waals surface area contributed by atoms with Gasteiger partial charge >= 0.3 is 0 Å². The molecule has 0 unspecified atom stereocenters. The molecule has 0 atom stereocenters. The van der Waals surface area contributed by atoms with Gasteiger partial charge in [0.25, 0.3) is 5.56 Å². The average molecular weight is 249 g/mol. The van der Waals surface area contributed by atoms with Crippen LogP contribution in [-0.4, -0.2) is 4.57 Å². The van der Waals surface area contributed by atoms with E-state index in [1.54, 1.807) is 16.7 Å². The summed E-state index contributed by atoms with van der Waals surface area (Å²) in [7, 11) is 0. The van der Waals surface area contributed by atoms with Gasteiger partial charge in [-0.25, -0.2) is 0 Å². The first-order valence-corrected chi connectivity index (χ1v) is 5.76. The zero-order valence-electron chi connectivity index (χ0n) is 9.48. The highest BCUT2D eigenvalue weighted by atomic mass is 35.5. The molecule has 0 spiro atoms. The predicted molar refractivity (Wildman–Crippen MR) is 71.2 cm³/mol. The van der Waals surface area contributed by atoms with E-state index in [2.05, 4.69) is 0 Å². The van der Waals surface area contributed by atoms with E-state index in [9.17, 15) is 4.79 Å². The Bertz CT molecular complexity index is 605. The van der Waals surface area contributed by atoms with Crippen LogP contribution in [0.2, 0.25) is 5.02 Å². The van der Waals surface area contributed by atoms with Gasteiger partial charge in [0.05, 0.1) is 11.4 Å². The number of aromatic nitrogens is 1. The van der Waals surface area contributed by atoms with Crippen molar-refractivity contribution in [3.05, 3.63) is 51.8 Å². The number of hydrogen-bond acceptors (Lipinski definition) is 2. The van der Waals surface area contributed by atoms with Crippen LogP contribution >= 0.6 is 11.6 Å². The maximum atomic E-state index is 11.9. The van der Waals surface area contributed by atoms with Crippen LogP contribution in [0, 0.1) is 0 Å². The number of hydrogen-bond donors (Lipinski definition) is 1. The Morgan fingerprint density at radius 3 is 2.71 bits per heavy atom. The summed E-state index contributed by atoms with van der Waals surface area (Å²) in [6.07, 6.45) is 0. The molecule has 88 valence electrons. The zero-order chi connectivity index (χ0) is 12.4. The molecule has 2 aromatic rings. The van der Waals surface area contributed by atoms with Crippen molar-refractivity contribution in [2.75, 3.05) is 5.73 Å². The highest BCUT2D eigenvalue weighted by molar-refractivity contribution is 6.30. The fourth-order valence-corrected chi connectivity index (χ4v) is 2.00. The van der Waals surface area contributed by atoms with Crippen LogP contribution in [-0.2, 0) is 6.54 Å². The van der Waals surface area contributed by atoms with Crippen molar-refractivity contribution in [2.24, 2.45) is 0 Å². The zero-order valence-corrected chi connectivity index (χ0v) is 10.2. The highest BCUT2D eigenvalue weighted by Gasteiger charge is 2.07. The number of nitrogens with zero attached hydrogens (tertiary/aromatic N) is 1. The Hall–Kier alpha value is -1.74. The van der Waals surface area contributed by atoms with Crippen LogP contribution in [0.1, 0.15) is 6.92 Å². The first kappa shape index (κ1) is 11.7. The van der Waals surface area contributed by atoms with Gasteiger partial charge in [0.2, 0.25) is 0 Å². The van der Waals surface area contributed by atoms with E-state index in [0.717, 1.165) is 11.3 Å². The Labute approximate surface area is 104 Å². The predicted octanol–water partition coefficient (Wildman–Crippen LogP) is 2.77. The number of pyridine rings is 1. The Balaban J connectivity index is 2.68. The molecule has 0 saturated heterocycles. The Morgan fingerprint density at radius 2 is 2.06 bits per heavy atom. The van der Waals surface area contributed by atoms with Crippen molar-refractivity contribution in [3.8, 4) is 11.3 Å². The molecular formula is C13H13ClN2O. The second kappa shape index (κ2) is 4.63. The lowest BCUT2D eigenvalue weighted by Gasteiger charge is -2.11. The molecule has 0 aliphatic carbocycles. The van der Waals surface area contributed by atoms with Crippen LogP contribution < -0.4 is 11.3 Å². The van der Waals surface area contributed by atoms with Crippen molar-refractivity contribution in [3.63, 3.8) is 0 Å². The summed E-state index contributed by atoms with van der Waals surface area (Å²) in [6.45, 7) is 2.49. The molecule has 0 bridgehead atoms. The molecule has 1 aromatic carbocycles. The molecule has 0 amide bonds. The summed E-state index contributed by atoms with van der Waals surface area (Å²) < 4.78 is 1.64. The second-order valence-electron chi connectivity index (χ2n) is 3.73. The number of nitrogen functional groups attached to an aromatic ring is 1. The molecule has 0 saturated carbocycles. The molecule has 1 heterocycles. The van der Waals surface area contributed by atoms with Gasteiger partial charge in [-0.15, -0.1) is 0 Å². The minimum absolute atomic E-state index is 0.162. The number of halogens is 1.